The number of nitrogens with zero attached hydrogens (tertiary/aromatic N) is 3. The number of Topliss-reactive ketones (excluding diaryl/α,β-unsaturated/α-hetero) is 1. The van der Waals surface area contributed by atoms with Crippen LogP contribution in [0.3, 0.4) is 0 Å². The fourth-order valence-electron chi connectivity index (χ4n) is 2.02. The Kier molecular flexibility index (Phi) is 4.04. The van der Waals surface area contributed by atoms with E-state index < -0.39 is 0 Å². The van der Waals surface area contributed by atoms with E-state index in [0.29, 0.717) is 21.5 Å². The van der Waals surface area contributed by atoms with Gasteiger partial charge in [0.2, 0.25) is 0 Å². The molecule has 0 bridgehead atoms. The van der Waals surface area contributed by atoms with Gasteiger partial charge < -0.3 is 0 Å². The SMILES string of the molecule is O=C(Cn1nnc2ccc(Br)cc2c1=O)c1ccc(Cl)cc1. The molecular weight excluding hydrogens is 370 g/mol. The zero-order valence-electron chi connectivity index (χ0n) is 11.2. The third kappa shape index (κ3) is 2.93. The van der Waals surface area contributed by atoms with Crippen LogP contribution in [0.25, 0.3) is 10.9 Å². The molecule has 3 rings (SSSR count). The van der Waals surface area contributed by atoms with Crippen LogP contribution in [0.15, 0.2) is 51.7 Å². The smallest absolute Gasteiger partial charge is 0.278 e. The standard InChI is InChI=1S/C15H9BrClN3O2/c16-10-3-6-13-12(7-10)15(22)20(19-18-13)8-14(21)9-1-4-11(17)5-2-9/h1-7H,8H2. The summed E-state index contributed by atoms with van der Waals surface area (Å²) >= 11 is 9.10. The van der Waals surface area contributed by atoms with Crippen LogP contribution in [-0.2, 0) is 6.54 Å². The van der Waals surface area contributed by atoms with Crippen molar-refractivity contribution >= 4 is 44.2 Å². The predicted molar refractivity (Wildman–Crippen MR) is 87.3 cm³/mol. The van der Waals surface area contributed by atoms with Gasteiger partial charge in [0, 0.05) is 15.1 Å². The zero-order chi connectivity index (χ0) is 15.7. The normalized spacial score (nSPS) is 10.8. The van der Waals surface area contributed by atoms with Gasteiger partial charge in [-0.3, -0.25) is 9.59 Å². The van der Waals surface area contributed by atoms with Crippen LogP contribution >= 0.6 is 27.5 Å². The summed E-state index contributed by atoms with van der Waals surface area (Å²) in [4.78, 5) is 24.6. The first-order chi connectivity index (χ1) is 10.5. The second kappa shape index (κ2) is 5.98. The Balaban J connectivity index is 1.97. The predicted octanol–water partition coefficient (Wildman–Crippen LogP) is 3.09. The summed E-state index contributed by atoms with van der Waals surface area (Å²) < 4.78 is 1.83. The minimum Gasteiger partial charge on any atom is -0.292 e. The maximum atomic E-state index is 12.4. The summed E-state index contributed by atoms with van der Waals surface area (Å²) in [6.07, 6.45) is 0. The molecule has 0 fully saturated rings. The van der Waals surface area contributed by atoms with Crippen LogP contribution in [0.4, 0.5) is 0 Å². The summed E-state index contributed by atoms with van der Waals surface area (Å²) in [6.45, 7) is -0.171. The van der Waals surface area contributed by atoms with E-state index >= 15 is 0 Å². The Hall–Kier alpha value is -2.05. The van der Waals surface area contributed by atoms with Crippen molar-refractivity contribution in [1.82, 2.24) is 15.0 Å². The second-order valence-corrected chi connectivity index (χ2v) is 6.00. The number of hydrogen-bond donors (Lipinski definition) is 0. The Morgan fingerprint density at radius 3 is 2.64 bits per heavy atom. The zero-order valence-corrected chi connectivity index (χ0v) is 13.5. The third-order valence-electron chi connectivity index (χ3n) is 3.14. The summed E-state index contributed by atoms with van der Waals surface area (Å²) in [6, 6.07) is 11.6. The van der Waals surface area contributed by atoms with E-state index in [1.807, 2.05) is 0 Å². The van der Waals surface area contributed by atoms with Gasteiger partial charge in [0.05, 0.1) is 5.39 Å². The lowest BCUT2D eigenvalue weighted by molar-refractivity contribution is 0.0964. The molecular formula is C15H9BrClN3O2. The van der Waals surface area contributed by atoms with Crippen LogP contribution in [0.1, 0.15) is 10.4 Å². The van der Waals surface area contributed by atoms with E-state index in [0.717, 1.165) is 9.15 Å². The molecule has 0 aliphatic carbocycles. The third-order valence-corrected chi connectivity index (χ3v) is 3.89. The molecule has 0 unspecified atom stereocenters. The largest absolute Gasteiger partial charge is 0.292 e. The second-order valence-electron chi connectivity index (χ2n) is 4.64. The van der Waals surface area contributed by atoms with Crippen LogP contribution in [0.2, 0.25) is 5.02 Å². The highest BCUT2D eigenvalue weighted by Gasteiger charge is 2.11. The maximum Gasteiger partial charge on any atom is 0.278 e. The van der Waals surface area contributed by atoms with Crippen molar-refractivity contribution in [2.45, 2.75) is 6.54 Å². The Morgan fingerprint density at radius 2 is 1.91 bits per heavy atom. The number of carbonyl (C=O) groups excluding carboxylic acids is 1. The highest BCUT2D eigenvalue weighted by molar-refractivity contribution is 9.10. The molecule has 5 nitrogen and oxygen atoms in total. The van der Waals surface area contributed by atoms with Crippen molar-refractivity contribution < 1.29 is 4.79 Å². The molecule has 0 atom stereocenters. The van der Waals surface area contributed by atoms with Gasteiger partial charge in [-0.15, -0.1) is 5.10 Å². The van der Waals surface area contributed by atoms with E-state index in [-0.39, 0.29) is 17.9 Å². The molecule has 0 saturated carbocycles. The van der Waals surface area contributed by atoms with Gasteiger partial charge in [-0.2, -0.15) is 0 Å². The van der Waals surface area contributed by atoms with Crippen LogP contribution < -0.4 is 5.56 Å². The maximum absolute atomic E-state index is 12.4. The summed E-state index contributed by atoms with van der Waals surface area (Å²) in [7, 11) is 0. The summed E-state index contributed by atoms with van der Waals surface area (Å²) in [5.41, 5.74) is 0.601. The molecule has 0 N–H and O–H groups in total. The molecule has 0 aliphatic rings. The fourth-order valence-corrected chi connectivity index (χ4v) is 2.50. The van der Waals surface area contributed by atoms with E-state index in [1.54, 1.807) is 42.5 Å². The van der Waals surface area contributed by atoms with Crippen LogP contribution in [0.5, 0.6) is 0 Å². The van der Waals surface area contributed by atoms with Gasteiger partial charge in [0.1, 0.15) is 12.1 Å². The molecule has 0 spiro atoms. The minimum atomic E-state index is -0.353. The first-order valence-corrected chi connectivity index (χ1v) is 7.53. The number of hydrogen-bond acceptors (Lipinski definition) is 4. The van der Waals surface area contributed by atoms with Gasteiger partial charge >= 0.3 is 0 Å². The lowest BCUT2D eigenvalue weighted by Gasteiger charge is -2.05. The monoisotopic (exact) mass is 377 g/mol. The molecule has 0 saturated heterocycles. The minimum absolute atomic E-state index is 0.171. The van der Waals surface area contributed by atoms with Gasteiger partial charge in [-0.1, -0.05) is 32.7 Å². The number of halogens is 2. The molecule has 110 valence electrons. The lowest BCUT2D eigenvalue weighted by Crippen LogP contribution is -2.27. The Bertz CT molecular complexity index is 922. The van der Waals surface area contributed by atoms with E-state index in [9.17, 15) is 9.59 Å². The number of ketones is 1. The highest BCUT2D eigenvalue weighted by Crippen LogP contribution is 2.14. The molecule has 0 amide bonds. The number of carbonyl (C=O) groups is 1. The van der Waals surface area contributed by atoms with Gasteiger partial charge in [0.15, 0.2) is 5.78 Å². The van der Waals surface area contributed by atoms with Crippen LogP contribution in [0, 0.1) is 0 Å². The van der Waals surface area contributed by atoms with Crippen molar-refractivity contribution in [3.63, 3.8) is 0 Å². The summed E-state index contributed by atoms with van der Waals surface area (Å²) in [5.74, 6) is -0.234. The number of benzene rings is 2. The molecule has 1 heterocycles. The van der Waals surface area contributed by atoms with Gasteiger partial charge in [0.25, 0.3) is 5.56 Å². The Labute approximate surface area is 138 Å². The molecule has 22 heavy (non-hydrogen) atoms. The van der Waals surface area contributed by atoms with E-state index in [4.69, 9.17) is 11.6 Å². The van der Waals surface area contributed by atoms with Gasteiger partial charge in [-0.25, -0.2) is 4.68 Å². The number of aromatic nitrogens is 3. The molecule has 7 heteroatoms. The van der Waals surface area contributed by atoms with E-state index in [2.05, 4.69) is 26.2 Å². The molecule has 0 radical (unpaired) electrons. The first-order valence-electron chi connectivity index (χ1n) is 6.36. The topological polar surface area (TPSA) is 64.8 Å². The highest BCUT2D eigenvalue weighted by atomic mass is 79.9. The molecule has 3 aromatic rings. The molecule has 0 aliphatic heterocycles. The average Bonchev–Trinajstić information content (AvgIpc) is 2.51. The molecule has 2 aromatic carbocycles. The molecule has 1 aromatic heterocycles. The number of fused-ring (bicyclic) bond motifs is 1. The van der Waals surface area contributed by atoms with Gasteiger partial charge in [-0.05, 0) is 42.5 Å². The van der Waals surface area contributed by atoms with Crippen molar-refractivity contribution in [2.75, 3.05) is 0 Å². The fraction of sp³-hybridized carbons (Fsp3) is 0.0667. The van der Waals surface area contributed by atoms with Crippen molar-refractivity contribution in [3.05, 3.63) is 67.9 Å². The average molecular weight is 379 g/mol. The van der Waals surface area contributed by atoms with E-state index in [1.165, 1.54) is 0 Å². The van der Waals surface area contributed by atoms with Crippen molar-refractivity contribution in [1.29, 1.82) is 0 Å². The quantitative estimate of drug-likeness (QED) is 0.657. The Morgan fingerprint density at radius 1 is 1.18 bits per heavy atom. The number of rotatable bonds is 3. The summed E-state index contributed by atoms with van der Waals surface area (Å²) in [5, 5.41) is 8.73. The first kappa shape index (κ1) is 14.9. The van der Waals surface area contributed by atoms with Crippen molar-refractivity contribution in [2.24, 2.45) is 0 Å². The van der Waals surface area contributed by atoms with Crippen molar-refractivity contribution in [3.8, 4) is 0 Å². The lowest BCUT2D eigenvalue weighted by atomic mass is 10.1. The van der Waals surface area contributed by atoms with Crippen LogP contribution in [-0.4, -0.2) is 20.8 Å².